The van der Waals surface area contributed by atoms with Crippen LogP contribution >= 0.6 is 11.8 Å². The van der Waals surface area contributed by atoms with Crippen LogP contribution in [0.4, 0.5) is 0 Å². The smallest absolute Gasteiger partial charge is 0.120 e. The molecule has 1 nitrogen and oxygen atoms in total. The number of ether oxygens (including phenoxy) is 1. The molecule has 0 aliphatic carbocycles. The number of thioether (sulfide) groups is 1. The third kappa shape index (κ3) is 3.81. The van der Waals surface area contributed by atoms with E-state index in [0.717, 1.165) is 22.7 Å². The van der Waals surface area contributed by atoms with Crippen molar-refractivity contribution in [1.29, 1.82) is 0 Å². The summed E-state index contributed by atoms with van der Waals surface area (Å²) in [5, 5.41) is 1.65. The Kier molecular flexibility index (Phi) is 4.43. The molecule has 0 spiro atoms. The Morgan fingerprint density at radius 2 is 1.83 bits per heavy atom. The summed E-state index contributed by atoms with van der Waals surface area (Å²) in [6, 6.07) is 18.9. The average molecular weight is 322 g/mol. The van der Waals surface area contributed by atoms with Gasteiger partial charge < -0.3 is 4.74 Å². The molecule has 118 valence electrons. The molecule has 1 fully saturated rings. The quantitative estimate of drug-likeness (QED) is 0.681. The van der Waals surface area contributed by atoms with E-state index >= 15 is 0 Å². The summed E-state index contributed by atoms with van der Waals surface area (Å²) in [4.78, 5) is 0. The zero-order valence-electron chi connectivity index (χ0n) is 13.3. The van der Waals surface area contributed by atoms with Gasteiger partial charge in [-0.2, -0.15) is 11.8 Å². The number of benzene rings is 2. The summed E-state index contributed by atoms with van der Waals surface area (Å²) >= 11 is 2.17. The first-order valence-corrected chi connectivity index (χ1v) is 9.40. The van der Waals surface area contributed by atoms with E-state index in [9.17, 15) is 0 Å². The van der Waals surface area contributed by atoms with E-state index in [0.29, 0.717) is 6.61 Å². The molecule has 0 aromatic heterocycles. The predicted octanol–water partition coefficient (Wildman–Crippen LogP) is 5.40. The van der Waals surface area contributed by atoms with E-state index in [1.165, 1.54) is 30.4 Å². The number of allylic oxidation sites excluding steroid dienone is 1. The third-order valence-corrected chi connectivity index (χ3v) is 6.14. The van der Waals surface area contributed by atoms with E-state index in [1.54, 1.807) is 5.57 Å². The first kappa shape index (κ1) is 14.9. The van der Waals surface area contributed by atoms with Crippen LogP contribution in [0.3, 0.4) is 0 Å². The predicted molar refractivity (Wildman–Crippen MR) is 98.0 cm³/mol. The topological polar surface area (TPSA) is 9.23 Å². The van der Waals surface area contributed by atoms with Crippen molar-refractivity contribution in [2.45, 2.75) is 42.8 Å². The van der Waals surface area contributed by atoms with Crippen LogP contribution in [0.2, 0.25) is 0 Å². The minimum absolute atomic E-state index is 0.633. The molecular formula is C21H22OS. The minimum atomic E-state index is 0.633. The van der Waals surface area contributed by atoms with E-state index in [-0.39, 0.29) is 0 Å². The van der Waals surface area contributed by atoms with E-state index < -0.39 is 0 Å². The molecule has 2 heteroatoms. The fourth-order valence-electron chi connectivity index (χ4n) is 3.51. The second kappa shape index (κ2) is 6.84. The second-order valence-corrected chi connectivity index (χ2v) is 8.05. The number of hydrogen-bond donors (Lipinski definition) is 0. The maximum atomic E-state index is 5.95. The summed E-state index contributed by atoms with van der Waals surface area (Å²) in [6.07, 6.45) is 7.65. The molecule has 1 saturated heterocycles. The third-order valence-electron chi connectivity index (χ3n) is 4.63. The van der Waals surface area contributed by atoms with Gasteiger partial charge in [-0.05, 0) is 48.9 Å². The highest BCUT2D eigenvalue weighted by atomic mass is 32.2. The molecule has 23 heavy (non-hydrogen) atoms. The molecule has 2 aliphatic heterocycles. The number of rotatable bonds is 5. The molecule has 2 bridgehead atoms. The Morgan fingerprint density at radius 3 is 2.70 bits per heavy atom. The minimum Gasteiger partial charge on any atom is -0.489 e. The van der Waals surface area contributed by atoms with Gasteiger partial charge in [-0.3, -0.25) is 0 Å². The Balaban J connectivity index is 1.40. The van der Waals surface area contributed by atoms with Gasteiger partial charge >= 0.3 is 0 Å². The van der Waals surface area contributed by atoms with Gasteiger partial charge in [0, 0.05) is 10.5 Å². The average Bonchev–Trinajstić information content (AvgIpc) is 2.93. The first-order valence-electron chi connectivity index (χ1n) is 8.46. The maximum absolute atomic E-state index is 5.95. The summed E-state index contributed by atoms with van der Waals surface area (Å²) in [5.74, 6) is 0.972. The van der Waals surface area contributed by atoms with Crippen LogP contribution in [0, 0.1) is 0 Å². The lowest BCUT2D eigenvalue weighted by Crippen LogP contribution is -2.07. The molecule has 0 saturated carbocycles. The van der Waals surface area contributed by atoms with Crippen LogP contribution in [0.15, 0.2) is 66.2 Å². The fourth-order valence-corrected chi connectivity index (χ4v) is 5.13. The lowest BCUT2D eigenvalue weighted by molar-refractivity contribution is 0.306. The lowest BCUT2D eigenvalue weighted by atomic mass is 10.0. The van der Waals surface area contributed by atoms with E-state index in [2.05, 4.69) is 66.4 Å². The van der Waals surface area contributed by atoms with E-state index in [1.807, 2.05) is 6.07 Å². The molecule has 2 heterocycles. The van der Waals surface area contributed by atoms with Crippen LogP contribution in [-0.4, -0.2) is 10.5 Å². The monoisotopic (exact) mass is 322 g/mol. The molecule has 2 unspecified atom stereocenters. The van der Waals surface area contributed by atoms with Crippen molar-refractivity contribution in [3.63, 3.8) is 0 Å². The SMILES string of the molecule is C1=C(Cc2cccc(OCc3ccccc3)c2)CC2CCC1S2. The first-order chi connectivity index (χ1) is 11.3. The van der Waals surface area contributed by atoms with Crippen molar-refractivity contribution < 1.29 is 4.74 Å². The summed E-state index contributed by atoms with van der Waals surface area (Å²) in [5.41, 5.74) is 4.20. The number of hydrogen-bond acceptors (Lipinski definition) is 2. The van der Waals surface area contributed by atoms with Crippen molar-refractivity contribution >= 4 is 11.8 Å². The Labute approximate surface area is 142 Å². The molecule has 4 rings (SSSR count). The van der Waals surface area contributed by atoms with Gasteiger partial charge in [-0.1, -0.05) is 54.1 Å². The molecule has 0 radical (unpaired) electrons. The van der Waals surface area contributed by atoms with Gasteiger partial charge in [0.1, 0.15) is 12.4 Å². The highest BCUT2D eigenvalue weighted by Gasteiger charge is 2.29. The molecular weight excluding hydrogens is 300 g/mol. The van der Waals surface area contributed by atoms with Crippen LogP contribution in [0.5, 0.6) is 5.75 Å². The Hall–Kier alpha value is -1.67. The summed E-state index contributed by atoms with van der Waals surface area (Å²) < 4.78 is 5.95. The van der Waals surface area contributed by atoms with Gasteiger partial charge in [0.05, 0.1) is 0 Å². The summed E-state index contributed by atoms with van der Waals surface area (Å²) in [7, 11) is 0. The Bertz CT molecular complexity index is 692. The van der Waals surface area contributed by atoms with Crippen molar-refractivity contribution in [1.82, 2.24) is 0 Å². The zero-order chi connectivity index (χ0) is 15.5. The lowest BCUT2D eigenvalue weighted by Gasteiger charge is -2.19. The van der Waals surface area contributed by atoms with Crippen molar-refractivity contribution in [2.75, 3.05) is 0 Å². The highest BCUT2D eigenvalue weighted by Crippen LogP contribution is 2.43. The molecule has 2 aliphatic rings. The van der Waals surface area contributed by atoms with Crippen LogP contribution < -0.4 is 4.74 Å². The molecule has 0 N–H and O–H groups in total. The van der Waals surface area contributed by atoms with E-state index in [4.69, 9.17) is 4.74 Å². The van der Waals surface area contributed by atoms with Gasteiger partial charge in [0.15, 0.2) is 0 Å². The van der Waals surface area contributed by atoms with Gasteiger partial charge in [-0.25, -0.2) is 0 Å². The number of fused-ring (bicyclic) bond motifs is 2. The molecule has 0 amide bonds. The molecule has 2 aromatic rings. The van der Waals surface area contributed by atoms with Crippen LogP contribution in [0.1, 0.15) is 30.4 Å². The second-order valence-electron chi connectivity index (χ2n) is 6.50. The Morgan fingerprint density at radius 1 is 0.957 bits per heavy atom. The van der Waals surface area contributed by atoms with Crippen molar-refractivity contribution in [3.8, 4) is 5.75 Å². The zero-order valence-corrected chi connectivity index (χ0v) is 14.1. The van der Waals surface area contributed by atoms with Gasteiger partial charge in [-0.15, -0.1) is 0 Å². The summed E-state index contributed by atoms with van der Waals surface area (Å²) in [6.45, 7) is 0.633. The molecule has 2 aromatic carbocycles. The van der Waals surface area contributed by atoms with Gasteiger partial charge in [0.2, 0.25) is 0 Å². The fraction of sp³-hybridized carbons (Fsp3) is 0.333. The normalized spacial score (nSPS) is 22.7. The molecule has 2 atom stereocenters. The van der Waals surface area contributed by atoms with Gasteiger partial charge in [0.25, 0.3) is 0 Å². The standard InChI is InChI=1S/C21H22OS/c1-2-5-16(6-3-1)15-22-19-8-4-7-17(12-19)11-18-13-20-9-10-21(14-18)23-20/h1-8,12-13,20-21H,9-11,14-15H2. The van der Waals surface area contributed by atoms with Crippen molar-refractivity contribution in [2.24, 2.45) is 0 Å². The maximum Gasteiger partial charge on any atom is 0.120 e. The largest absolute Gasteiger partial charge is 0.489 e. The van der Waals surface area contributed by atoms with Crippen LogP contribution in [0.25, 0.3) is 0 Å². The van der Waals surface area contributed by atoms with Crippen LogP contribution in [-0.2, 0) is 13.0 Å². The highest BCUT2D eigenvalue weighted by molar-refractivity contribution is 8.01. The van der Waals surface area contributed by atoms with Crippen molar-refractivity contribution in [3.05, 3.63) is 77.4 Å².